The molecule has 0 amide bonds. The molecule has 2 nitrogen and oxygen atoms in total. The molecule has 0 radical (unpaired) electrons. The standard InChI is InChI=1S/C16H18BrNOS/c17-16-10-9-12(19-16)11-18-14-7-3-4-8-15(14)20-13-5-1-2-6-13/h3-4,7-10,13,18H,1-2,5-6,11H2. The molecule has 1 fully saturated rings. The number of benzene rings is 1. The lowest BCUT2D eigenvalue weighted by molar-refractivity contribution is 0.495. The van der Waals surface area contributed by atoms with Crippen molar-refractivity contribution in [3.05, 3.63) is 46.8 Å². The van der Waals surface area contributed by atoms with Gasteiger partial charge in [0, 0.05) is 15.8 Å². The molecule has 1 aliphatic carbocycles. The summed E-state index contributed by atoms with van der Waals surface area (Å²) >= 11 is 5.35. The lowest BCUT2D eigenvalue weighted by Crippen LogP contribution is -2.01. The van der Waals surface area contributed by atoms with Gasteiger partial charge in [-0.1, -0.05) is 25.0 Å². The Morgan fingerprint density at radius 2 is 1.95 bits per heavy atom. The highest BCUT2D eigenvalue weighted by molar-refractivity contribution is 9.10. The summed E-state index contributed by atoms with van der Waals surface area (Å²) in [4.78, 5) is 1.35. The number of thioether (sulfide) groups is 1. The maximum atomic E-state index is 5.53. The van der Waals surface area contributed by atoms with Crippen LogP contribution >= 0.6 is 27.7 Å². The third kappa shape index (κ3) is 3.61. The van der Waals surface area contributed by atoms with Crippen molar-refractivity contribution in [2.75, 3.05) is 5.32 Å². The molecule has 1 saturated carbocycles. The zero-order chi connectivity index (χ0) is 13.8. The second-order valence-corrected chi connectivity index (χ2v) is 7.20. The van der Waals surface area contributed by atoms with Crippen LogP contribution in [-0.4, -0.2) is 5.25 Å². The number of nitrogens with one attached hydrogen (secondary N) is 1. The lowest BCUT2D eigenvalue weighted by atomic mass is 10.3. The van der Waals surface area contributed by atoms with Crippen LogP contribution in [-0.2, 0) is 6.54 Å². The third-order valence-corrected chi connectivity index (χ3v) is 5.41. The van der Waals surface area contributed by atoms with Gasteiger partial charge in [-0.2, -0.15) is 0 Å². The first-order chi connectivity index (χ1) is 9.81. The number of anilines is 1. The Hall–Kier alpha value is -0.870. The molecule has 1 aliphatic rings. The average Bonchev–Trinajstić information content (AvgIpc) is 3.10. The third-order valence-electron chi connectivity index (χ3n) is 3.56. The molecular formula is C16H18BrNOS. The molecule has 4 heteroatoms. The Labute approximate surface area is 132 Å². The predicted molar refractivity (Wildman–Crippen MR) is 88.3 cm³/mol. The maximum Gasteiger partial charge on any atom is 0.169 e. The van der Waals surface area contributed by atoms with E-state index < -0.39 is 0 Å². The molecule has 0 aliphatic heterocycles. The van der Waals surface area contributed by atoms with Gasteiger partial charge >= 0.3 is 0 Å². The lowest BCUT2D eigenvalue weighted by Gasteiger charge is -2.14. The van der Waals surface area contributed by atoms with Crippen LogP contribution < -0.4 is 5.32 Å². The molecule has 0 bridgehead atoms. The summed E-state index contributed by atoms with van der Waals surface area (Å²) in [6, 6.07) is 12.5. The highest BCUT2D eigenvalue weighted by Gasteiger charge is 2.17. The van der Waals surface area contributed by atoms with Crippen molar-refractivity contribution in [2.24, 2.45) is 0 Å². The minimum Gasteiger partial charge on any atom is -0.452 e. The second kappa shape index (κ2) is 6.72. The Bertz CT molecular complexity index is 563. The molecule has 1 aromatic heterocycles. The van der Waals surface area contributed by atoms with E-state index in [1.807, 2.05) is 23.9 Å². The molecule has 1 heterocycles. The molecule has 2 aromatic rings. The smallest absolute Gasteiger partial charge is 0.169 e. The summed E-state index contributed by atoms with van der Waals surface area (Å²) in [7, 11) is 0. The number of furan rings is 1. The van der Waals surface area contributed by atoms with E-state index >= 15 is 0 Å². The van der Waals surface area contributed by atoms with Crippen LogP contribution in [0.2, 0.25) is 0 Å². The minimum absolute atomic E-state index is 0.716. The van der Waals surface area contributed by atoms with Crippen LogP contribution in [0.1, 0.15) is 31.4 Å². The molecule has 0 unspecified atom stereocenters. The predicted octanol–water partition coefficient (Wildman–Crippen LogP) is 5.69. The normalized spacial score (nSPS) is 15.7. The van der Waals surface area contributed by atoms with E-state index in [0.717, 1.165) is 15.7 Å². The summed E-state index contributed by atoms with van der Waals surface area (Å²) in [6.45, 7) is 0.716. The van der Waals surface area contributed by atoms with E-state index in [2.05, 4.69) is 45.5 Å². The van der Waals surface area contributed by atoms with Gasteiger partial charge in [0.2, 0.25) is 0 Å². The van der Waals surface area contributed by atoms with Gasteiger partial charge in [0.15, 0.2) is 4.67 Å². The molecule has 0 saturated heterocycles. The topological polar surface area (TPSA) is 25.2 Å². The summed E-state index contributed by atoms with van der Waals surface area (Å²) in [6.07, 6.45) is 5.47. The van der Waals surface area contributed by atoms with Gasteiger partial charge in [-0.25, -0.2) is 0 Å². The van der Waals surface area contributed by atoms with Crippen molar-refractivity contribution in [2.45, 2.75) is 42.4 Å². The molecule has 106 valence electrons. The zero-order valence-corrected chi connectivity index (χ0v) is 13.7. The zero-order valence-electron chi connectivity index (χ0n) is 11.3. The van der Waals surface area contributed by atoms with Gasteiger partial charge in [-0.15, -0.1) is 11.8 Å². The monoisotopic (exact) mass is 351 g/mol. The van der Waals surface area contributed by atoms with Crippen molar-refractivity contribution in [3.8, 4) is 0 Å². The number of hydrogen-bond acceptors (Lipinski definition) is 3. The number of para-hydroxylation sites is 1. The molecule has 20 heavy (non-hydrogen) atoms. The van der Waals surface area contributed by atoms with E-state index in [4.69, 9.17) is 4.42 Å². The largest absolute Gasteiger partial charge is 0.452 e. The van der Waals surface area contributed by atoms with E-state index in [1.165, 1.54) is 36.3 Å². The maximum absolute atomic E-state index is 5.53. The van der Waals surface area contributed by atoms with Gasteiger partial charge in [0.05, 0.1) is 6.54 Å². The van der Waals surface area contributed by atoms with E-state index in [-0.39, 0.29) is 0 Å². The summed E-state index contributed by atoms with van der Waals surface area (Å²) in [5.74, 6) is 0.942. The van der Waals surface area contributed by atoms with Crippen molar-refractivity contribution in [1.82, 2.24) is 0 Å². The Morgan fingerprint density at radius 3 is 2.70 bits per heavy atom. The second-order valence-electron chi connectivity index (χ2n) is 5.08. The summed E-state index contributed by atoms with van der Waals surface area (Å²) < 4.78 is 6.31. The SMILES string of the molecule is Brc1ccc(CNc2ccccc2SC2CCCC2)o1. The van der Waals surface area contributed by atoms with E-state index in [0.29, 0.717) is 6.54 Å². The Morgan fingerprint density at radius 1 is 1.15 bits per heavy atom. The average molecular weight is 352 g/mol. The summed E-state index contributed by atoms with van der Waals surface area (Å²) in [5, 5.41) is 4.27. The molecule has 0 spiro atoms. The van der Waals surface area contributed by atoms with E-state index in [9.17, 15) is 0 Å². The van der Waals surface area contributed by atoms with Crippen molar-refractivity contribution in [3.63, 3.8) is 0 Å². The van der Waals surface area contributed by atoms with Gasteiger partial charge in [0.25, 0.3) is 0 Å². The highest BCUT2D eigenvalue weighted by Crippen LogP contribution is 2.38. The van der Waals surface area contributed by atoms with Crippen LogP contribution in [0.25, 0.3) is 0 Å². The first-order valence-corrected chi connectivity index (χ1v) is 8.72. The quantitative estimate of drug-likeness (QED) is 0.748. The highest BCUT2D eigenvalue weighted by atomic mass is 79.9. The fraction of sp³-hybridized carbons (Fsp3) is 0.375. The van der Waals surface area contributed by atoms with Crippen molar-refractivity contribution >= 4 is 33.4 Å². The first kappa shape index (κ1) is 14.1. The first-order valence-electron chi connectivity index (χ1n) is 7.05. The van der Waals surface area contributed by atoms with Crippen molar-refractivity contribution in [1.29, 1.82) is 0 Å². The fourth-order valence-corrected chi connectivity index (χ4v) is 4.22. The van der Waals surface area contributed by atoms with Crippen LogP contribution in [0.4, 0.5) is 5.69 Å². The van der Waals surface area contributed by atoms with Gasteiger partial charge in [-0.05, 0) is 53.0 Å². The number of hydrogen-bond donors (Lipinski definition) is 1. The number of rotatable bonds is 5. The molecular weight excluding hydrogens is 334 g/mol. The van der Waals surface area contributed by atoms with Crippen LogP contribution in [0.5, 0.6) is 0 Å². The van der Waals surface area contributed by atoms with Gasteiger partial charge in [-0.3, -0.25) is 0 Å². The molecule has 1 N–H and O–H groups in total. The Kier molecular flexibility index (Phi) is 4.73. The molecule has 1 aromatic carbocycles. The van der Waals surface area contributed by atoms with Crippen LogP contribution in [0.3, 0.4) is 0 Å². The summed E-state index contributed by atoms with van der Waals surface area (Å²) in [5.41, 5.74) is 1.21. The Balaban J connectivity index is 1.65. The molecule has 0 atom stereocenters. The number of halogens is 1. The van der Waals surface area contributed by atoms with Gasteiger partial charge in [0.1, 0.15) is 5.76 Å². The minimum atomic E-state index is 0.716. The van der Waals surface area contributed by atoms with Crippen molar-refractivity contribution < 1.29 is 4.42 Å². The fourth-order valence-electron chi connectivity index (χ4n) is 2.53. The molecule has 3 rings (SSSR count). The van der Waals surface area contributed by atoms with Crippen LogP contribution in [0.15, 0.2) is 50.4 Å². The van der Waals surface area contributed by atoms with Crippen LogP contribution in [0, 0.1) is 0 Å². The van der Waals surface area contributed by atoms with E-state index in [1.54, 1.807) is 0 Å². The van der Waals surface area contributed by atoms with Gasteiger partial charge < -0.3 is 9.73 Å².